The summed E-state index contributed by atoms with van der Waals surface area (Å²) in [5.74, 6) is 0.485. The number of thiazole rings is 1. The van der Waals surface area contributed by atoms with E-state index in [4.69, 9.17) is 9.47 Å². The number of carbonyl (C=O) groups excluding carboxylic acids is 3. The number of benzene rings is 3. The number of likely N-dealkylation sites (N-methyl/N-ethyl adjacent to an activating group) is 1. The average Bonchev–Trinajstić information content (AvgIpc) is 3.73. The Bertz CT molecular complexity index is 2220. The molecule has 0 saturated carbocycles. The molecule has 0 spiro atoms. The summed E-state index contributed by atoms with van der Waals surface area (Å²) in [6.07, 6.45) is -1.00. The summed E-state index contributed by atoms with van der Waals surface area (Å²) < 4.78 is 55.4. The van der Waals surface area contributed by atoms with E-state index < -0.39 is 17.8 Å². The zero-order chi connectivity index (χ0) is 38.1. The second-order valence-electron chi connectivity index (χ2n) is 13.5. The molecule has 0 radical (unpaired) electrons. The van der Waals surface area contributed by atoms with Crippen LogP contribution in [0.5, 0.6) is 5.75 Å². The molecule has 10 nitrogen and oxygen atoms in total. The number of likely N-dealkylation sites (tertiary alicyclic amines) is 1. The van der Waals surface area contributed by atoms with Gasteiger partial charge in [0.15, 0.2) is 0 Å². The van der Waals surface area contributed by atoms with Gasteiger partial charge in [-0.2, -0.15) is 13.2 Å². The average molecular weight is 758 g/mol. The largest absolute Gasteiger partial charge is 0.491 e. The molecule has 2 aromatic heterocycles. The predicted molar refractivity (Wildman–Crippen MR) is 199 cm³/mol. The van der Waals surface area contributed by atoms with Gasteiger partial charge in [0.2, 0.25) is 5.91 Å². The first-order valence-corrected chi connectivity index (χ1v) is 18.4. The van der Waals surface area contributed by atoms with Crippen molar-refractivity contribution in [2.24, 2.45) is 0 Å². The number of piperidine rings is 1. The third-order valence-electron chi connectivity index (χ3n) is 9.70. The van der Waals surface area contributed by atoms with Gasteiger partial charge in [0.25, 0.3) is 11.8 Å². The van der Waals surface area contributed by atoms with Crippen molar-refractivity contribution >= 4 is 45.1 Å². The van der Waals surface area contributed by atoms with Gasteiger partial charge in [0.1, 0.15) is 29.2 Å². The van der Waals surface area contributed by atoms with Crippen LogP contribution < -0.4 is 9.64 Å². The van der Waals surface area contributed by atoms with Gasteiger partial charge in [-0.1, -0.05) is 18.2 Å². The van der Waals surface area contributed by atoms with Crippen molar-refractivity contribution < 1.29 is 37.0 Å². The van der Waals surface area contributed by atoms with Crippen LogP contribution >= 0.6 is 11.3 Å². The fraction of sp³-hybridized carbons (Fsp3) is 0.325. The molecule has 1 saturated heterocycles. The van der Waals surface area contributed by atoms with Crippen LogP contribution in [0.4, 0.5) is 19.0 Å². The number of pyridine rings is 1. The maximum atomic E-state index is 14.3. The third-order valence-corrected chi connectivity index (χ3v) is 10.8. The number of ether oxygens (including phenoxy) is 2. The van der Waals surface area contributed by atoms with Gasteiger partial charge in [0, 0.05) is 63.6 Å². The summed E-state index contributed by atoms with van der Waals surface area (Å²) in [5.41, 5.74) is 3.30. The molecule has 3 aromatic carbocycles. The van der Waals surface area contributed by atoms with E-state index in [2.05, 4.69) is 9.97 Å². The highest BCUT2D eigenvalue weighted by Crippen LogP contribution is 2.42. The molecule has 2 aliphatic rings. The number of anilines is 1. The first-order valence-electron chi connectivity index (χ1n) is 17.6. The number of imide groups is 1. The molecule has 14 heteroatoms. The number of hydrogen-bond acceptors (Lipinski definition) is 9. The monoisotopic (exact) mass is 757 g/mol. The molecular formula is C40H38F3N5O5S. The lowest BCUT2D eigenvalue weighted by atomic mass is 10.00. The van der Waals surface area contributed by atoms with E-state index in [1.165, 1.54) is 29.4 Å². The van der Waals surface area contributed by atoms with E-state index in [0.717, 1.165) is 39.6 Å². The minimum Gasteiger partial charge on any atom is -0.491 e. The highest BCUT2D eigenvalue weighted by molar-refractivity contribution is 7.21. The molecule has 3 amide bonds. The minimum absolute atomic E-state index is 0.0422. The van der Waals surface area contributed by atoms with E-state index in [9.17, 15) is 27.6 Å². The van der Waals surface area contributed by atoms with Crippen LogP contribution in [0.1, 0.15) is 46.3 Å². The van der Waals surface area contributed by atoms with Crippen molar-refractivity contribution in [3.05, 3.63) is 95.2 Å². The minimum atomic E-state index is -4.57. The lowest BCUT2D eigenvalue weighted by molar-refractivity contribution is -0.150. The maximum absolute atomic E-state index is 14.3. The second-order valence-corrected chi connectivity index (χ2v) is 14.6. The maximum Gasteiger partial charge on any atom is 0.417 e. The normalized spacial score (nSPS) is 16.0. The molecule has 54 heavy (non-hydrogen) atoms. The molecule has 1 atom stereocenters. The molecule has 5 aromatic rings. The first kappa shape index (κ1) is 37.0. The fourth-order valence-corrected chi connectivity index (χ4v) is 7.82. The second kappa shape index (κ2) is 15.2. The molecule has 7 rings (SSSR count). The molecule has 0 aliphatic carbocycles. The summed E-state index contributed by atoms with van der Waals surface area (Å²) in [4.78, 5) is 50.9. The molecular weight excluding hydrogens is 720 g/mol. The van der Waals surface area contributed by atoms with Crippen molar-refractivity contribution in [1.29, 1.82) is 0 Å². The van der Waals surface area contributed by atoms with Crippen LogP contribution in [0.2, 0.25) is 0 Å². The lowest BCUT2D eigenvalue weighted by Crippen LogP contribution is -2.53. The number of fused-ring (bicyclic) bond motifs is 2. The van der Waals surface area contributed by atoms with Crippen molar-refractivity contribution in [2.45, 2.75) is 44.4 Å². The highest BCUT2D eigenvalue weighted by Gasteiger charge is 2.41. The van der Waals surface area contributed by atoms with Crippen molar-refractivity contribution in [2.75, 3.05) is 45.9 Å². The van der Waals surface area contributed by atoms with Gasteiger partial charge < -0.3 is 19.3 Å². The van der Waals surface area contributed by atoms with Crippen molar-refractivity contribution in [3.63, 3.8) is 0 Å². The van der Waals surface area contributed by atoms with E-state index in [-0.39, 0.29) is 36.3 Å². The van der Waals surface area contributed by atoms with E-state index in [1.807, 2.05) is 37.2 Å². The number of amides is 3. The van der Waals surface area contributed by atoms with Gasteiger partial charge in [0.05, 0.1) is 22.4 Å². The summed E-state index contributed by atoms with van der Waals surface area (Å²) >= 11 is 1.24. The van der Waals surface area contributed by atoms with Crippen LogP contribution in [-0.4, -0.2) is 84.5 Å². The predicted octanol–water partition coefficient (Wildman–Crippen LogP) is 7.24. The zero-order valence-electron chi connectivity index (χ0n) is 30.0. The van der Waals surface area contributed by atoms with E-state index >= 15 is 0 Å². The van der Waals surface area contributed by atoms with Crippen LogP contribution in [0, 0.1) is 0 Å². The number of halogens is 3. The van der Waals surface area contributed by atoms with Crippen LogP contribution in [0.25, 0.3) is 31.9 Å². The Hall–Kier alpha value is -5.34. The molecule has 0 bridgehead atoms. The van der Waals surface area contributed by atoms with Gasteiger partial charge in [-0.15, -0.1) is 11.3 Å². The molecule has 0 N–H and O–H groups in total. The topological polar surface area (TPSA) is 105 Å². The van der Waals surface area contributed by atoms with Crippen molar-refractivity contribution in [1.82, 2.24) is 19.8 Å². The zero-order valence-corrected chi connectivity index (χ0v) is 30.8. The molecule has 2 aliphatic heterocycles. The summed E-state index contributed by atoms with van der Waals surface area (Å²) in [7, 11) is 5.14. The van der Waals surface area contributed by atoms with E-state index in [1.54, 1.807) is 42.6 Å². The fourth-order valence-electron chi connectivity index (χ4n) is 6.75. The van der Waals surface area contributed by atoms with Crippen LogP contribution in [-0.2, 0) is 33.5 Å². The SMILES string of the molecule is CN1C(=O)CCC(N2Cc3cc(OCCOCCCc4ccc5nc(-c6ccc(-c7ccc(N(C)C)nc7)cc6C(F)(F)F)sc5c4)ccc3C2=O)C1=O. The van der Waals surface area contributed by atoms with Gasteiger partial charge >= 0.3 is 6.18 Å². The number of nitrogens with zero attached hydrogens (tertiary/aromatic N) is 5. The van der Waals surface area contributed by atoms with Gasteiger partial charge in [-0.3, -0.25) is 19.3 Å². The summed E-state index contributed by atoms with van der Waals surface area (Å²) in [6, 6.07) is 18.2. The first-order chi connectivity index (χ1) is 25.9. The van der Waals surface area contributed by atoms with Crippen molar-refractivity contribution in [3.8, 4) is 27.4 Å². The Labute approximate surface area is 314 Å². The number of aromatic nitrogens is 2. The Morgan fingerprint density at radius 2 is 1.72 bits per heavy atom. The van der Waals surface area contributed by atoms with Gasteiger partial charge in [-0.25, -0.2) is 9.97 Å². The van der Waals surface area contributed by atoms with E-state index in [0.29, 0.717) is 65.0 Å². The number of rotatable bonds is 12. The molecule has 280 valence electrons. The summed E-state index contributed by atoms with van der Waals surface area (Å²) in [6.45, 7) is 1.43. The lowest BCUT2D eigenvalue weighted by Gasteiger charge is -2.33. The Balaban J connectivity index is 0.903. The molecule has 1 fully saturated rings. The number of hydrogen-bond donors (Lipinski definition) is 0. The highest BCUT2D eigenvalue weighted by atomic mass is 32.1. The Morgan fingerprint density at radius 3 is 2.48 bits per heavy atom. The standard InChI is InChI=1S/C40H38F3N5O5S/c1-46(2)35-14-8-26(22-44-35)25-7-10-30(31(21-25)40(41,42)43)37-45-32-12-6-24(19-34(32)54-37)5-4-16-52-17-18-53-28-9-11-29-27(20-28)23-48(38(29)50)33-13-15-36(49)47(3)39(33)51/h6-12,14,19-22,33H,4-5,13,15-18,23H2,1-3H3. The van der Waals surface area contributed by atoms with Crippen LogP contribution in [0.15, 0.2) is 72.9 Å². The molecule has 4 heterocycles. The third kappa shape index (κ3) is 7.66. The summed E-state index contributed by atoms with van der Waals surface area (Å²) in [5, 5.41) is 0.308. The quantitative estimate of drug-likeness (QED) is 0.0970. The molecule has 1 unspecified atom stereocenters. The Morgan fingerprint density at radius 1 is 0.926 bits per heavy atom. The number of carbonyl (C=O) groups is 3. The van der Waals surface area contributed by atoms with Crippen LogP contribution in [0.3, 0.4) is 0 Å². The smallest absolute Gasteiger partial charge is 0.417 e. The Kier molecular flexibility index (Phi) is 10.4. The van der Waals surface area contributed by atoms with Gasteiger partial charge in [-0.05, 0) is 84.5 Å². The number of aryl methyl sites for hydroxylation is 1. The number of alkyl halides is 3.